The molecule has 0 aromatic heterocycles. The Morgan fingerprint density at radius 1 is 1.39 bits per heavy atom. The van der Waals surface area contributed by atoms with Crippen molar-refractivity contribution >= 4 is 26.9 Å². The van der Waals surface area contributed by atoms with Gasteiger partial charge in [-0.05, 0) is 38.5 Å². The first kappa shape index (κ1) is 14.2. The summed E-state index contributed by atoms with van der Waals surface area (Å²) >= 11 is 3.47. The first-order valence-electron chi connectivity index (χ1n) is 5.87. The lowest BCUT2D eigenvalue weighted by molar-refractivity contribution is -0.0659. The van der Waals surface area contributed by atoms with Crippen molar-refractivity contribution in [3.8, 4) is 0 Å². The molecule has 1 aromatic rings. The SMILES string of the molecule is CC(C)(C)S(=O)NC1(c2cccc(Br)c2)COC1. The van der Waals surface area contributed by atoms with E-state index in [-0.39, 0.29) is 10.3 Å². The third kappa shape index (κ3) is 2.85. The zero-order valence-electron chi connectivity index (χ0n) is 10.8. The second-order valence-electron chi connectivity index (χ2n) is 5.57. The average molecular weight is 332 g/mol. The van der Waals surface area contributed by atoms with E-state index in [2.05, 4.69) is 26.7 Å². The fraction of sp³-hybridized carbons (Fsp3) is 0.538. The van der Waals surface area contributed by atoms with E-state index in [1.54, 1.807) is 0 Å². The fourth-order valence-corrected chi connectivity index (χ4v) is 3.00. The van der Waals surface area contributed by atoms with Crippen molar-refractivity contribution in [1.82, 2.24) is 4.72 Å². The minimum absolute atomic E-state index is 0.283. The highest BCUT2D eigenvalue weighted by atomic mass is 79.9. The number of nitrogens with one attached hydrogen (secondary N) is 1. The highest BCUT2D eigenvalue weighted by Gasteiger charge is 2.43. The molecule has 0 amide bonds. The molecule has 1 atom stereocenters. The number of benzene rings is 1. The molecule has 1 aliphatic rings. The smallest absolute Gasteiger partial charge is 0.102 e. The standard InChI is InChI=1S/C13H18BrNO2S/c1-12(2,3)18(16)15-13(8-17-9-13)10-5-4-6-11(14)7-10/h4-7,15H,8-9H2,1-3H3. The largest absolute Gasteiger partial charge is 0.377 e. The van der Waals surface area contributed by atoms with Crippen molar-refractivity contribution in [2.75, 3.05) is 13.2 Å². The van der Waals surface area contributed by atoms with Gasteiger partial charge in [-0.3, -0.25) is 0 Å². The molecule has 0 aliphatic carbocycles. The summed E-state index contributed by atoms with van der Waals surface area (Å²) < 4.78 is 21.6. The Kier molecular flexibility index (Phi) is 3.97. The van der Waals surface area contributed by atoms with Crippen molar-refractivity contribution < 1.29 is 8.95 Å². The quantitative estimate of drug-likeness (QED) is 0.924. The van der Waals surface area contributed by atoms with Gasteiger partial charge in [-0.15, -0.1) is 0 Å². The predicted octanol–water partition coefficient (Wildman–Crippen LogP) is 2.73. The Balaban J connectivity index is 2.24. The Labute approximate surface area is 119 Å². The summed E-state index contributed by atoms with van der Waals surface area (Å²) in [6.07, 6.45) is 0. The summed E-state index contributed by atoms with van der Waals surface area (Å²) in [6.45, 7) is 7.01. The van der Waals surface area contributed by atoms with Crippen LogP contribution in [0, 0.1) is 0 Å². The molecule has 1 fully saturated rings. The monoisotopic (exact) mass is 331 g/mol. The van der Waals surface area contributed by atoms with Gasteiger partial charge < -0.3 is 4.74 Å². The van der Waals surface area contributed by atoms with Crippen LogP contribution in [0.5, 0.6) is 0 Å². The molecule has 1 N–H and O–H groups in total. The van der Waals surface area contributed by atoms with Crippen molar-refractivity contribution in [1.29, 1.82) is 0 Å². The van der Waals surface area contributed by atoms with Gasteiger partial charge >= 0.3 is 0 Å². The fourth-order valence-electron chi connectivity index (χ4n) is 1.71. The number of hydrogen-bond donors (Lipinski definition) is 1. The molecule has 1 saturated heterocycles. The Bertz CT molecular complexity index is 466. The van der Waals surface area contributed by atoms with Gasteiger partial charge in [0.25, 0.3) is 0 Å². The third-order valence-electron chi connectivity index (χ3n) is 2.92. The molecule has 1 heterocycles. The zero-order chi connectivity index (χ0) is 13.4. The Morgan fingerprint density at radius 3 is 2.50 bits per heavy atom. The normalized spacial score (nSPS) is 20.2. The van der Waals surface area contributed by atoms with Crippen LogP contribution in [-0.4, -0.2) is 22.2 Å². The Morgan fingerprint density at radius 2 is 2.06 bits per heavy atom. The van der Waals surface area contributed by atoms with Crippen LogP contribution in [0.15, 0.2) is 28.7 Å². The van der Waals surface area contributed by atoms with Crippen LogP contribution in [0.3, 0.4) is 0 Å². The van der Waals surface area contributed by atoms with E-state index < -0.39 is 11.0 Å². The van der Waals surface area contributed by atoms with Crippen molar-refractivity contribution in [2.45, 2.75) is 31.1 Å². The van der Waals surface area contributed by atoms with E-state index in [4.69, 9.17) is 4.74 Å². The molecule has 100 valence electrons. The molecule has 0 saturated carbocycles. The predicted molar refractivity (Wildman–Crippen MR) is 77.7 cm³/mol. The van der Waals surface area contributed by atoms with Crippen molar-refractivity contribution in [3.63, 3.8) is 0 Å². The molecule has 0 bridgehead atoms. The van der Waals surface area contributed by atoms with Crippen LogP contribution in [0.25, 0.3) is 0 Å². The van der Waals surface area contributed by atoms with Crippen LogP contribution in [0.4, 0.5) is 0 Å². The highest BCUT2D eigenvalue weighted by Crippen LogP contribution is 2.32. The summed E-state index contributed by atoms with van der Waals surface area (Å²) in [5.74, 6) is 0. The van der Waals surface area contributed by atoms with Gasteiger partial charge in [-0.25, -0.2) is 8.93 Å². The lowest BCUT2D eigenvalue weighted by Gasteiger charge is -2.43. The van der Waals surface area contributed by atoms with Gasteiger partial charge in [-0.1, -0.05) is 28.1 Å². The summed E-state index contributed by atoms with van der Waals surface area (Å²) in [4.78, 5) is 0. The van der Waals surface area contributed by atoms with Crippen molar-refractivity contribution in [3.05, 3.63) is 34.3 Å². The molecule has 3 nitrogen and oxygen atoms in total. The average Bonchev–Trinajstić information content (AvgIpc) is 2.21. The van der Waals surface area contributed by atoms with E-state index >= 15 is 0 Å². The maximum absolute atomic E-state index is 12.3. The lowest BCUT2D eigenvalue weighted by atomic mass is 9.89. The molecular formula is C13H18BrNO2S. The maximum atomic E-state index is 12.3. The summed E-state index contributed by atoms with van der Waals surface area (Å²) in [7, 11) is -1.11. The minimum atomic E-state index is -1.11. The van der Waals surface area contributed by atoms with E-state index in [0.717, 1.165) is 10.0 Å². The van der Waals surface area contributed by atoms with E-state index in [0.29, 0.717) is 13.2 Å². The summed E-state index contributed by atoms with van der Waals surface area (Å²) in [5, 5.41) is 0. The highest BCUT2D eigenvalue weighted by molar-refractivity contribution is 9.10. The van der Waals surface area contributed by atoms with Crippen LogP contribution >= 0.6 is 15.9 Å². The second-order valence-corrected chi connectivity index (χ2v) is 8.45. The van der Waals surface area contributed by atoms with Gasteiger partial charge in [0.2, 0.25) is 0 Å². The van der Waals surface area contributed by atoms with Gasteiger partial charge in [-0.2, -0.15) is 0 Å². The number of ether oxygens (including phenoxy) is 1. The van der Waals surface area contributed by atoms with E-state index in [9.17, 15) is 4.21 Å². The minimum Gasteiger partial charge on any atom is -0.377 e. The van der Waals surface area contributed by atoms with E-state index in [1.165, 1.54) is 0 Å². The van der Waals surface area contributed by atoms with Crippen LogP contribution in [-0.2, 0) is 21.3 Å². The van der Waals surface area contributed by atoms with Gasteiger partial charge in [0, 0.05) is 4.47 Å². The van der Waals surface area contributed by atoms with Crippen LogP contribution < -0.4 is 4.72 Å². The zero-order valence-corrected chi connectivity index (χ0v) is 13.2. The summed E-state index contributed by atoms with van der Waals surface area (Å²) in [6, 6.07) is 8.06. The second kappa shape index (κ2) is 5.04. The molecule has 18 heavy (non-hydrogen) atoms. The molecule has 5 heteroatoms. The molecular weight excluding hydrogens is 314 g/mol. The maximum Gasteiger partial charge on any atom is 0.102 e. The molecule has 1 aromatic carbocycles. The molecule has 2 rings (SSSR count). The lowest BCUT2D eigenvalue weighted by Crippen LogP contribution is -2.59. The van der Waals surface area contributed by atoms with Gasteiger partial charge in [0.05, 0.1) is 28.9 Å². The van der Waals surface area contributed by atoms with Crippen LogP contribution in [0.2, 0.25) is 0 Å². The van der Waals surface area contributed by atoms with Crippen LogP contribution in [0.1, 0.15) is 26.3 Å². The van der Waals surface area contributed by atoms with Crippen molar-refractivity contribution in [2.24, 2.45) is 0 Å². The molecule has 1 aliphatic heterocycles. The third-order valence-corrected chi connectivity index (χ3v) is 5.10. The Hall–Kier alpha value is -0.230. The van der Waals surface area contributed by atoms with Gasteiger partial charge in [0.15, 0.2) is 0 Å². The number of rotatable bonds is 3. The first-order valence-corrected chi connectivity index (χ1v) is 7.81. The first-order chi connectivity index (χ1) is 8.33. The van der Waals surface area contributed by atoms with E-state index in [1.807, 2.05) is 39.0 Å². The molecule has 0 radical (unpaired) electrons. The molecule has 0 spiro atoms. The van der Waals surface area contributed by atoms with Gasteiger partial charge in [0.1, 0.15) is 5.54 Å². The summed E-state index contributed by atoms with van der Waals surface area (Å²) in [5.41, 5.74) is 0.794. The molecule has 1 unspecified atom stereocenters. The number of halogens is 1. The topological polar surface area (TPSA) is 38.3 Å². The number of hydrogen-bond acceptors (Lipinski definition) is 2.